The zero-order chi connectivity index (χ0) is 13.4. The van der Waals surface area contributed by atoms with E-state index in [1.165, 1.54) is 28.8 Å². The van der Waals surface area contributed by atoms with Crippen LogP contribution in [0.2, 0.25) is 0 Å². The fourth-order valence-corrected chi connectivity index (χ4v) is 1.84. The van der Waals surface area contributed by atoms with Crippen molar-refractivity contribution in [2.45, 2.75) is 53.4 Å². The first-order chi connectivity index (χ1) is 7.97. The van der Waals surface area contributed by atoms with Gasteiger partial charge in [-0.1, -0.05) is 51.5 Å². The summed E-state index contributed by atoms with van der Waals surface area (Å²) in [6.45, 7) is 18.0. The van der Waals surface area contributed by atoms with E-state index >= 15 is 0 Å². The molecular formula is C16H29N. The van der Waals surface area contributed by atoms with Crippen LogP contribution in [0.25, 0.3) is 0 Å². The van der Waals surface area contributed by atoms with Gasteiger partial charge in [0.25, 0.3) is 0 Å². The Balaban J connectivity index is 4.79. The minimum atomic E-state index is 0.916. The van der Waals surface area contributed by atoms with E-state index in [0.717, 1.165) is 25.8 Å². The molecule has 17 heavy (non-hydrogen) atoms. The molecule has 0 heterocycles. The van der Waals surface area contributed by atoms with Crippen molar-refractivity contribution in [3.8, 4) is 0 Å². The number of likely N-dealkylation sites (N-methyl/N-ethyl adjacent to an activating group) is 1. The number of nitrogens with zero attached hydrogens (tertiary/aromatic N) is 1. The fraction of sp³-hybridized carbons (Fsp3) is 0.625. The van der Waals surface area contributed by atoms with Crippen molar-refractivity contribution in [1.82, 2.24) is 4.90 Å². The summed E-state index contributed by atoms with van der Waals surface area (Å²) in [5.74, 6) is 0. The lowest BCUT2D eigenvalue weighted by atomic mass is 9.99. The van der Waals surface area contributed by atoms with Crippen molar-refractivity contribution >= 4 is 0 Å². The maximum atomic E-state index is 4.26. The molecule has 0 amide bonds. The summed E-state index contributed by atoms with van der Waals surface area (Å²) in [7, 11) is 2.11. The smallest absolute Gasteiger partial charge is 0.0382 e. The summed E-state index contributed by atoms with van der Waals surface area (Å²) in [5.41, 5.74) is 5.33. The molecule has 1 nitrogen and oxygen atoms in total. The second kappa shape index (κ2) is 8.16. The first-order valence-corrected chi connectivity index (χ1v) is 6.73. The van der Waals surface area contributed by atoms with Crippen LogP contribution in [0.1, 0.15) is 53.4 Å². The molecule has 0 aromatic heterocycles. The molecule has 0 aliphatic rings. The zero-order valence-corrected chi connectivity index (χ0v) is 12.4. The molecule has 1 heteroatoms. The Morgan fingerprint density at radius 2 is 1.65 bits per heavy atom. The monoisotopic (exact) mass is 235 g/mol. The Morgan fingerprint density at radius 1 is 1.06 bits per heavy atom. The first kappa shape index (κ1) is 16.0. The molecule has 0 aromatic rings. The summed E-state index contributed by atoms with van der Waals surface area (Å²) in [5, 5.41) is 0. The van der Waals surface area contributed by atoms with E-state index in [-0.39, 0.29) is 0 Å². The third kappa shape index (κ3) is 5.25. The van der Waals surface area contributed by atoms with E-state index in [9.17, 15) is 0 Å². The van der Waals surface area contributed by atoms with Gasteiger partial charge in [0.15, 0.2) is 0 Å². The van der Waals surface area contributed by atoms with Crippen LogP contribution in [0.4, 0.5) is 0 Å². The predicted molar refractivity (Wildman–Crippen MR) is 79.1 cm³/mol. The quantitative estimate of drug-likeness (QED) is 0.426. The molecule has 0 unspecified atom stereocenters. The van der Waals surface area contributed by atoms with Crippen molar-refractivity contribution in [2.24, 2.45) is 0 Å². The fourth-order valence-electron chi connectivity index (χ4n) is 1.84. The average Bonchev–Trinajstić information content (AvgIpc) is 2.33. The lowest BCUT2D eigenvalue weighted by Crippen LogP contribution is -2.21. The molecule has 0 spiro atoms. The third-order valence-corrected chi connectivity index (χ3v) is 3.32. The molecule has 0 rings (SSSR count). The average molecular weight is 235 g/mol. The maximum Gasteiger partial charge on any atom is 0.0382 e. The Morgan fingerprint density at radius 3 is 2.06 bits per heavy atom. The Hall–Kier alpha value is -0.980. The number of hydrogen-bond acceptors (Lipinski definition) is 1. The van der Waals surface area contributed by atoms with Crippen molar-refractivity contribution < 1.29 is 0 Å². The summed E-state index contributed by atoms with van der Waals surface area (Å²) in [6, 6.07) is 0. The molecule has 0 N–H and O–H groups in total. The van der Waals surface area contributed by atoms with Gasteiger partial charge in [-0.15, -0.1) is 0 Å². The predicted octanol–water partition coefficient (Wildman–Crippen LogP) is 4.92. The minimum absolute atomic E-state index is 0.916. The van der Waals surface area contributed by atoms with Crippen LogP contribution < -0.4 is 0 Å². The van der Waals surface area contributed by atoms with Gasteiger partial charge >= 0.3 is 0 Å². The van der Waals surface area contributed by atoms with Crippen molar-refractivity contribution in [2.75, 3.05) is 13.6 Å². The second-order valence-electron chi connectivity index (χ2n) is 4.77. The van der Waals surface area contributed by atoms with Gasteiger partial charge in [0.05, 0.1) is 0 Å². The standard InChI is InChI=1S/C16H29N/c1-8-11-16(14(5)10-3)15(6)17(7)12-13(4)9-2/h4,6,8-12H2,1-3,5,7H3/b16-14+. The van der Waals surface area contributed by atoms with Gasteiger partial charge in [0, 0.05) is 19.3 Å². The zero-order valence-electron chi connectivity index (χ0n) is 12.4. The van der Waals surface area contributed by atoms with Crippen molar-refractivity contribution in [3.63, 3.8) is 0 Å². The Kier molecular flexibility index (Phi) is 7.69. The molecule has 98 valence electrons. The normalized spacial score (nSPS) is 12.1. The lowest BCUT2D eigenvalue weighted by Gasteiger charge is -2.26. The van der Waals surface area contributed by atoms with Gasteiger partial charge in [0.2, 0.25) is 0 Å². The van der Waals surface area contributed by atoms with Crippen LogP contribution in [0.3, 0.4) is 0 Å². The molecular weight excluding hydrogens is 206 g/mol. The van der Waals surface area contributed by atoms with Gasteiger partial charge in [-0.25, -0.2) is 0 Å². The Labute approximate surface area is 108 Å². The summed E-state index contributed by atoms with van der Waals surface area (Å²) < 4.78 is 0. The van der Waals surface area contributed by atoms with Crippen LogP contribution in [0.15, 0.2) is 35.6 Å². The highest BCUT2D eigenvalue weighted by molar-refractivity contribution is 5.32. The molecule has 0 fully saturated rings. The Bertz CT molecular complexity index is 297. The molecule has 0 atom stereocenters. The molecule has 0 radical (unpaired) electrons. The van der Waals surface area contributed by atoms with Crippen molar-refractivity contribution in [3.05, 3.63) is 35.6 Å². The first-order valence-electron chi connectivity index (χ1n) is 6.73. The highest BCUT2D eigenvalue weighted by atomic mass is 15.1. The number of rotatable bonds is 8. The van der Waals surface area contributed by atoms with E-state index in [1.54, 1.807) is 0 Å². The van der Waals surface area contributed by atoms with Crippen LogP contribution in [-0.4, -0.2) is 18.5 Å². The second-order valence-corrected chi connectivity index (χ2v) is 4.77. The van der Waals surface area contributed by atoms with E-state index < -0.39 is 0 Å². The van der Waals surface area contributed by atoms with Crippen LogP contribution in [-0.2, 0) is 0 Å². The largest absolute Gasteiger partial charge is 0.371 e. The number of hydrogen-bond donors (Lipinski definition) is 0. The summed E-state index contributed by atoms with van der Waals surface area (Å²) in [6.07, 6.45) is 4.45. The minimum Gasteiger partial charge on any atom is -0.371 e. The maximum absolute atomic E-state index is 4.26. The molecule has 0 saturated carbocycles. The van der Waals surface area contributed by atoms with Crippen LogP contribution >= 0.6 is 0 Å². The third-order valence-electron chi connectivity index (χ3n) is 3.32. The summed E-state index contributed by atoms with van der Waals surface area (Å²) in [4.78, 5) is 2.23. The highest BCUT2D eigenvalue weighted by Gasteiger charge is 2.10. The summed E-state index contributed by atoms with van der Waals surface area (Å²) >= 11 is 0. The van der Waals surface area contributed by atoms with Gasteiger partial charge in [-0.3, -0.25) is 0 Å². The number of allylic oxidation sites excluding steroid dienone is 2. The molecule has 0 bridgehead atoms. The highest BCUT2D eigenvalue weighted by Crippen LogP contribution is 2.23. The van der Waals surface area contributed by atoms with E-state index in [4.69, 9.17) is 0 Å². The molecule has 0 aliphatic heterocycles. The van der Waals surface area contributed by atoms with E-state index in [1.807, 2.05) is 0 Å². The van der Waals surface area contributed by atoms with Gasteiger partial charge in [0.1, 0.15) is 0 Å². The van der Waals surface area contributed by atoms with Crippen LogP contribution in [0.5, 0.6) is 0 Å². The van der Waals surface area contributed by atoms with Crippen LogP contribution in [0, 0.1) is 0 Å². The molecule has 0 saturated heterocycles. The lowest BCUT2D eigenvalue weighted by molar-refractivity contribution is 0.453. The molecule has 0 aromatic carbocycles. The van der Waals surface area contributed by atoms with Gasteiger partial charge in [-0.05, 0) is 31.8 Å². The van der Waals surface area contributed by atoms with Gasteiger partial charge < -0.3 is 4.90 Å². The SMILES string of the molecule is C=C(CC)CN(C)C(=C)/C(CCC)=C(\C)CC. The van der Waals surface area contributed by atoms with E-state index in [2.05, 4.69) is 52.8 Å². The topological polar surface area (TPSA) is 3.24 Å². The molecule has 0 aliphatic carbocycles. The van der Waals surface area contributed by atoms with Gasteiger partial charge in [-0.2, -0.15) is 0 Å². The van der Waals surface area contributed by atoms with Crippen molar-refractivity contribution in [1.29, 1.82) is 0 Å². The van der Waals surface area contributed by atoms with E-state index in [0.29, 0.717) is 0 Å².